The highest BCUT2D eigenvalue weighted by molar-refractivity contribution is 5.85. The highest BCUT2D eigenvalue weighted by Crippen LogP contribution is 2.18. The Morgan fingerprint density at radius 2 is 2.41 bits per heavy atom. The number of benzene rings is 1. The number of carbonyl (C=O) groups excluding carboxylic acids is 1. The van der Waals surface area contributed by atoms with E-state index in [0.29, 0.717) is 18.1 Å². The largest absolute Gasteiger partial charge is 0.450 e. The van der Waals surface area contributed by atoms with Crippen molar-refractivity contribution in [1.82, 2.24) is 20.6 Å². The summed E-state index contributed by atoms with van der Waals surface area (Å²) in [7, 11) is 0. The van der Waals surface area contributed by atoms with Crippen LogP contribution in [0.2, 0.25) is 0 Å². The summed E-state index contributed by atoms with van der Waals surface area (Å²) < 4.78 is 4.78. The molecule has 1 amide bonds. The number of amides is 1. The third kappa shape index (κ3) is 2.77. The second-order valence-electron chi connectivity index (χ2n) is 3.16. The predicted molar refractivity (Wildman–Crippen MR) is 60.3 cm³/mol. The number of nitrogens with one attached hydrogen (secondary N) is 2. The molecule has 7 nitrogen and oxygen atoms in total. The summed E-state index contributed by atoms with van der Waals surface area (Å²) in [6.07, 6.45) is -0.488. The Kier molecular flexibility index (Phi) is 3.29. The van der Waals surface area contributed by atoms with Gasteiger partial charge < -0.3 is 4.74 Å². The number of hydrogen-bond acceptors (Lipinski definition) is 5. The second kappa shape index (κ2) is 5.06. The van der Waals surface area contributed by atoms with Crippen molar-refractivity contribution in [2.45, 2.75) is 6.92 Å². The van der Waals surface area contributed by atoms with Gasteiger partial charge in [0.2, 0.25) is 5.82 Å². The highest BCUT2D eigenvalue weighted by Gasteiger charge is 2.06. The smallest absolute Gasteiger partial charge is 0.411 e. The van der Waals surface area contributed by atoms with Crippen molar-refractivity contribution in [2.75, 3.05) is 11.9 Å². The zero-order chi connectivity index (χ0) is 12.1. The first-order chi connectivity index (χ1) is 8.29. The molecule has 2 N–H and O–H groups in total. The first-order valence-corrected chi connectivity index (χ1v) is 5.07. The molecule has 2 rings (SSSR count). The number of aromatic amines is 1. The Balaban J connectivity index is 2.15. The van der Waals surface area contributed by atoms with E-state index in [1.54, 1.807) is 25.1 Å². The molecule has 7 heteroatoms. The standard InChI is InChI=1S/C10H11N5O2/c1-2-17-10(16)11-8-5-3-4-7(6-8)9-12-14-15-13-9/h3-6H,2H2,1H3,(H,11,16)(H,12,13,14,15). The van der Waals surface area contributed by atoms with Crippen molar-refractivity contribution < 1.29 is 9.53 Å². The Labute approximate surface area is 97.2 Å². The van der Waals surface area contributed by atoms with Gasteiger partial charge in [0.15, 0.2) is 0 Å². The molecule has 0 fully saturated rings. The first-order valence-electron chi connectivity index (χ1n) is 5.07. The topological polar surface area (TPSA) is 92.8 Å². The molecule has 1 aromatic heterocycles. The van der Waals surface area contributed by atoms with Gasteiger partial charge in [-0.3, -0.25) is 5.32 Å². The summed E-state index contributed by atoms with van der Waals surface area (Å²) >= 11 is 0. The van der Waals surface area contributed by atoms with Crippen molar-refractivity contribution in [1.29, 1.82) is 0 Å². The van der Waals surface area contributed by atoms with Crippen LogP contribution in [-0.2, 0) is 4.74 Å². The Morgan fingerprint density at radius 3 is 3.12 bits per heavy atom. The Morgan fingerprint density at radius 1 is 1.53 bits per heavy atom. The van der Waals surface area contributed by atoms with Crippen LogP contribution in [0.25, 0.3) is 11.4 Å². The number of ether oxygens (including phenoxy) is 1. The van der Waals surface area contributed by atoms with E-state index in [2.05, 4.69) is 25.9 Å². The van der Waals surface area contributed by atoms with E-state index in [-0.39, 0.29) is 0 Å². The van der Waals surface area contributed by atoms with E-state index in [4.69, 9.17) is 4.74 Å². The zero-order valence-electron chi connectivity index (χ0n) is 9.17. The minimum Gasteiger partial charge on any atom is -0.450 e. The van der Waals surface area contributed by atoms with Gasteiger partial charge >= 0.3 is 6.09 Å². The number of tetrazole rings is 1. The van der Waals surface area contributed by atoms with Crippen LogP contribution < -0.4 is 5.32 Å². The van der Waals surface area contributed by atoms with Gasteiger partial charge in [0.05, 0.1) is 6.61 Å². The molecular formula is C10H11N5O2. The van der Waals surface area contributed by atoms with E-state index in [0.717, 1.165) is 5.56 Å². The van der Waals surface area contributed by atoms with Gasteiger partial charge in [-0.05, 0) is 24.3 Å². The van der Waals surface area contributed by atoms with Gasteiger partial charge in [-0.1, -0.05) is 12.1 Å². The molecule has 0 saturated heterocycles. The molecule has 0 spiro atoms. The highest BCUT2D eigenvalue weighted by atomic mass is 16.5. The minimum absolute atomic E-state index is 0.330. The summed E-state index contributed by atoms with van der Waals surface area (Å²) in [5.41, 5.74) is 1.37. The summed E-state index contributed by atoms with van der Waals surface area (Å²) in [5.74, 6) is 0.470. The monoisotopic (exact) mass is 233 g/mol. The van der Waals surface area contributed by atoms with Crippen LogP contribution in [0, 0.1) is 0 Å². The number of rotatable bonds is 3. The number of nitrogens with zero attached hydrogens (tertiary/aromatic N) is 3. The Hall–Kier alpha value is -2.44. The van der Waals surface area contributed by atoms with Crippen molar-refractivity contribution in [3.63, 3.8) is 0 Å². The zero-order valence-corrected chi connectivity index (χ0v) is 9.17. The number of anilines is 1. The van der Waals surface area contributed by atoms with Crippen LogP contribution in [0.1, 0.15) is 6.92 Å². The van der Waals surface area contributed by atoms with Crippen molar-refractivity contribution in [3.05, 3.63) is 24.3 Å². The molecule has 1 heterocycles. The molecule has 0 atom stereocenters. The average Bonchev–Trinajstić information content (AvgIpc) is 2.83. The minimum atomic E-state index is -0.488. The molecule has 0 aliphatic carbocycles. The fraction of sp³-hybridized carbons (Fsp3) is 0.200. The summed E-state index contributed by atoms with van der Waals surface area (Å²) in [6.45, 7) is 2.08. The molecule has 0 saturated carbocycles. The van der Waals surface area contributed by atoms with Crippen LogP contribution in [0.3, 0.4) is 0 Å². The first kappa shape index (κ1) is 11.1. The lowest BCUT2D eigenvalue weighted by Crippen LogP contribution is -2.13. The summed E-state index contributed by atoms with van der Waals surface area (Å²) in [5, 5.41) is 16.1. The van der Waals surface area contributed by atoms with E-state index in [1.807, 2.05) is 6.07 Å². The van der Waals surface area contributed by atoms with Gasteiger partial charge in [0.1, 0.15) is 0 Å². The van der Waals surface area contributed by atoms with Crippen LogP contribution in [0.15, 0.2) is 24.3 Å². The SMILES string of the molecule is CCOC(=O)Nc1cccc(-c2nn[nH]n2)c1. The molecule has 17 heavy (non-hydrogen) atoms. The van der Waals surface area contributed by atoms with Crippen LogP contribution >= 0.6 is 0 Å². The number of H-pyrrole nitrogens is 1. The van der Waals surface area contributed by atoms with Crippen molar-refractivity contribution in [3.8, 4) is 11.4 Å². The fourth-order valence-corrected chi connectivity index (χ4v) is 1.31. The van der Waals surface area contributed by atoms with Crippen molar-refractivity contribution >= 4 is 11.8 Å². The summed E-state index contributed by atoms with van der Waals surface area (Å²) in [6, 6.07) is 7.09. The Bertz CT molecular complexity index is 497. The van der Waals surface area contributed by atoms with E-state index in [9.17, 15) is 4.79 Å². The molecular weight excluding hydrogens is 222 g/mol. The molecule has 0 bridgehead atoms. The van der Waals surface area contributed by atoms with Gasteiger partial charge in [0, 0.05) is 11.3 Å². The molecule has 0 aliphatic heterocycles. The lowest BCUT2D eigenvalue weighted by atomic mass is 10.2. The lowest BCUT2D eigenvalue weighted by Gasteiger charge is -2.05. The molecule has 2 aromatic rings. The van der Waals surface area contributed by atoms with Crippen LogP contribution in [0.5, 0.6) is 0 Å². The molecule has 0 aliphatic rings. The van der Waals surface area contributed by atoms with Gasteiger partial charge in [-0.25, -0.2) is 4.79 Å². The molecule has 0 radical (unpaired) electrons. The van der Waals surface area contributed by atoms with Crippen LogP contribution in [0.4, 0.5) is 10.5 Å². The number of carbonyl (C=O) groups is 1. The van der Waals surface area contributed by atoms with E-state index >= 15 is 0 Å². The van der Waals surface area contributed by atoms with Gasteiger partial charge in [0.25, 0.3) is 0 Å². The summed E-state index contributed by atoms with van der Waals surface area (Å²) in [4.78, 5) is 11.2. The predicted octanol–water partition coefficient (Wildman–Crippen LogP) is 1.44. The van der Waals surface area contributed by atoms with Gasteiger partial charge in [-0.2, -0.15) is 5.21 Å². The maximum absolute atomic E-state index is 11.2. The molecule has 0 unspecified atom stereocenters. The van der Waals surface area contributed by atoms with Crippen LogP contribution in [-0.4, -0.2) is 33.3 Å². The van der Waals surface area contributed by atoms with E-state index in [1.165, 1.54) is 0 Å². The maximum atomic E-state index is 11.2. The molecule has 88 valence electrons. The fourth-order valence-electron chi connectivity index (χ4n) is 1.31. The van der Waals surface area contributed by atoms with E-state index < -0.39 is 6.09 Å². The maximum Gasteiger partial charge on any atom is 0.411 e. The second-order valence-corrected chi connectivity index (χ2v) is 3.16. The number of hydrogen-bond donors (Lipinski definition) is 2. The average molecular weight is 233 g/mol. The van der Waals surface area contributed by atoms with Gasteiger partial charge in [-0.15, -0.1) is 10.2 Å². The molecule has 1 aromatic carbocycles. The lowest BCUT2D eigenvalue weighted by molar-refractivity contribution is 0.168. The van der Waals surface area contributed by atoms with Crippen molar-refractivity contribution in [2.24, 2.45) is 0 Å². The quantitative estimate of drug-likeness (QED) is 0.836. The number of aromatic nitrogens is 4. The normalized spacial score (nSPS) is 9.94. The third-order valence-corrected chi connectivity index (χ3v) is 1.99. The third-order valence-electron chi connectivity index (χ3n) is 1.99.